The molecule has 1 aliphatic heterocycles. The molecule has 3 nitrogen and oxygen atoms in total. The first-order valence-corrected chi connectivity index (χ1v) is 5.84. The van der Waals surface area contributed by atoms with Crippen LogP contribution in [-0.2, 0) is 0 Å². The second kappa shape index (κ2) is 3.51. The predicted molar refractivity (Wildman–Crippen MR) is 61.9 cm³/mol. The third-order valence-electron chi connectivity index (χ3n) is 3.85. The van der Waals surface area contributed by atoms with Crippen LogP contribution >= 0.6 is 0 Å². The van der Waals surface area contributed by atoms with E-state index in [1.54, 1.807) is 12.1 Å². The lowest BCUT2D eigenvalue weighted by molar-refractivity contribution is 0.0697. The number of piperidine rings is 1. The molecule has 2 fully saturated rings. The molecule has 1 N–H and O–H groups in total. The lowest BCUT2D eigenvalue weighted by Gasteiger charge is -2.30. The molecular formula is C13H15NO2. The van der Waals surface area contributed by atoms with Crippen molar-refractivity contribution in [1.29, 1.82) is 0 Å². The molecule has 1 saturated heterocycles. The van der Waals surface area contributed by atoms with Crippen LogP contribution in [-0.4, -0.2) is 23.7 Å². The zero-order valence-electron chi connectivity index (χ0n) is 9.10. The summed E-state index contributed by atoms with van der Waals surface area (Å²) in [6.45, 7) is 1.04. The third kappa shape index (κ3) is 1.39. The summed E-state index contributed by atoms with van der Waals surface area (Å²) >= 11 is 0. The first-order valence-electron chi connectivity index (χ1n) is 5.84. The molecular weight excluding hydrogens is 202 g/mol. The van der Waals surface area contributed by atoms with Crippen molar-refractivity contribution in [2.24, 2.45) is 5.92 Å². The largest absolute Gasteiger partial charge is 0.478 e. The summed E-state index contributed by atoms with van der Waals surface area (Å²) in [5.74, 6) is -0.0368. The van der Waals surface area contributed by atoms with Crippen molar-refractivity contribution in [3.05, 3.63) is 29.8 Å². The predicted octanol–water partition coefficient (Wildman–Crippen LogP) is 2.37. The van der Waals surface area contributed by atoms with E-state index in [0.29, 0.717) is 11.6 Å². The van der Waals surface area contributed by atoms with Gasteiger partial charge in [0.05, 0.1) is 11.3 Å². The number of hydrogen-bond donors (Lipinski definition) is 1. The third-order valence-corrected chi connectivity index (χ3v) is 3.85. The summed E-state index contributed by atoms with van der Waals surface area (Å²) in [6.07, 6.45) is 3.78. The van der Waals surface area contributed by atoms with Crippen LogP contribution in [0.1, 0.15) is 29.6 Å². The van der Waals surface area contributed by atoms with Crippen molar-refractivity contribution in [2.45, 2.75) is 25.3 Å². The number of aromatic carboxylic acids is 1. The molecule has 1 heterocycles. The van der Waals surface area contributed by atoms with Gasteiger partial charge in [-0.2, -0.15) is 0 Å². The monoisotopic (exact) mass is 217 g/mol. The van der Waals surface area contributed by atoms with E-state index >= 15 is 0 Å². The highest BCUT2D eigenvalue weighted by Crippen LogP contribution is 2.41. The van der Waals surface area contributed by atoms with E-state index in [0.717, 1.165) is 18.2 Å². The van der Waals surface area contributed by atoms with E-state index in [9.17, 15) is 4.79 Å². The molecule has 16 heavy (non-hydrogen) atoms. The van der Waals surface area contributed by atoms with Crippen molar-refractivity contribution >= 4 is 11.7 Å². The Kier molecular flexibility index (Phi) is 2.13. The average Bonchev–Trinajstić information content (AvgIpc) is 2.90. The van der Waals surface area contributed by atoms with Crippen LogP contribution < -0.4 is 4.90 Å². The van der Waals surface area contributed by atoms with Crippen LogP contribution in [0.3, 0.4) is 0 Å². The highest BCUT2D eigenvalue weighted by molar-refractivity contribution is 5.94. The standard InChI is InChI=1S/C13H15NO2/c15-13(16)11-3-1-2-4-12(11)14-8-9-5-6-10(14)7-9/h1-4,9-10H,5-8H2,(H,15,16). The Morgan fingerprint density at radius 3 is 2.75 bits per heavy atom. The van der Waals surface area contributed by atoms with Gasteiger partial charge in [0.25, 0.3) is 0 Å². The number of hydrogen-bond acceptors (Lipinski definition) is 2. The first-order chi connectivity index (χ1) is 7.75. The zero-order chi connectivity index (χ0) is 11.1. The van der Waals surface area contributed by atoms with E-state index in [4.69, 9.17) is 5.11 Å². The number of carboxylic acid groups (broad SMARTS) is 1. The molecule has 0 radical (unpaired) electrons. The summed E-state index contributed by atoms with van der Waals surface area (Å²) in [5, 5.41) is 9.17. The Morgan fingerprint density at radius 2 is 2.12 bits per heavy atom. The van der Waals surface area contributed by atoms with Crippen molar-refractivity contribution in [2.75, 3.05) is 11.4 Å². The van der Waals surface area contributed by atoms with Crippen LogP contribution in [0.5, 0.6) is 0 Å². The van der Waals surface area contributed by atoms with E-state index < -0.39 is 5.97 Å². The van der Waals surface area contributed by atoms with Crippen LogP contribution in [0.15, 0.2) is 24.3 Å². The molecule has 0 amide bonds. The van der Waals surface area contributed by atoms with Crippen LogP contribution in [0.25, 0.3) is 0 Å². The fourth-order valence-electron chi connectivity index (χ4n) is 3.12. The maximum absolute atomic E-state index is 11.2. The maximum Gasteiger partial charge on any atom is 0.337 e. The van der Waals surface area contributed by atoms with Gasteiger partial charge in [0.2, 0.25) is 0 Å². The quantitative estimate of drug-likeness (QED) is 0.826. The van der Waals surface area contributed by atoms with Gasteiger partial charge in [0, 0.05) is 12.6 Å². The minimum absolute atomic E-state index is 0.440. The molecule has 3 rings (SSSR count). The maximum atomic E-state index is 11.2. The number of anilines is 1. The number of rotatable bonds is 2. The van der Waals surface area contributed by atoms with Gasteiger partial charge in [-0.25, -0.2) is 4.79 Å². The summed E-state index contributed by atoms with van der Waals surface area (Å²) in [4.78, 5) is 13.4. The summed E-state index contributed by atoms with van der Waals surface area (Å²) in [6, 6.07) is 7.92. The van der Waals surface area contributed by atoms with Crippen molar-refractivity contribution in [1.82, 2.24) is 0 Å². The Balaban J connectivity index is 1.97. The molecule has 2 bridgehead atoms. The van der Waals surface area contributed by atoms with Gasteiger partial charge in [-0.1, -0.05) is 12.1 Å². The number of carboxylic acids is 1. The molecule has 2 atom stereocenters. The Bertz CT molecular complexity index is 430. The van der Waals surface area contributed by atoms with Crippen LogP contribution in [0.4, 0.5) is 5.69 Å². The highest BCUT2D eigenvalue weighted by atomic mass is 16.4. The topological polar surface area (TPSA) is 40.5 Å². The van der Waals surface area contributed by atoms with Crippen LogP contribution in [0.2, 0.25) is 0 Å². The molecule has 1 saturated carbocycles. The van der Waals surface area contributed by atoms with Crippen LogP contribution in [0, 0.1) is 5.92 Å². The van der Waals surface area contributed by atoms with Crippen molar-refractivity contribution in [3.8, 4) is 0 Å². The summed E-state index contributed by atoms with van der Waals surface area (Å²) in [7, 11) is 0. The van der Waals surface area contributed by atoms with E-state index in [2.05, 4.69) is 4.90 Å². The molecule has 1 aromatic rings. The van der Waals surface area contributed by atoms with Crippen molar-refractivity contribution < 1.29 is 9.90 Å². The van der Waals surface area contributed by atoms with Gasteiger partial charge in [0.15, 0.2) is 0 Å². The number of carbonyl (C=O) groups is 1. The molecule has 2 aliphatic rings. The minimum atomic E-state index is -0.821. The number of nitrogens with zero attached hydrogens (tertiary/aromatic N) is 1. The second-order valence-electron chi connectivity index (χ2n) is 4.81. The average molecular weight is 217 g/mol. The number of fused-ring (bicyclic) bond motifs is 2. The number of para-hydroxylation sites is 1. The molecule has 1 aliphatic carbocycles. The fourth-order valence-corrected chi connectivity index (χ4v) is 3.12. The lowest BCUT2D eigenvalue weighted by Crippen LogP contribution is -2.33. The zero-order valence-corrected chi connectivity index (χ0v) is 9.10. The number of benzene rings is 1. The SMILES string of the molecule is O=C(O)c1ccccc1N1CC2CCC1C2. The smallest absolute Gasteiger partial charge is 0.337 e. The van der Waals surface area contributed by atoms with Gasteiger partial charge in [-0.15, -0.1) is 0 Å². The van der Waals surface area contributed by atoms with Crippen molar-refractivity contribution in [3.63, 3.8) is 0 Å². The van der Waals surface area contributed by atoms with E-state index in [-0.39, 0.29) is 0 Å². The molecule has 2 unspecified atom stereocenters. The van der Waals surface area contributed by atoms with Gasteiger partial charge in [-0.3, -0.25) is 0 Å². The van der Waals surface area contributed by atoms with Gasteiger partial charge >= 0.3 is 5.97 Å². The normalized spacial score (nSPS) is 27.4. The highest BCUT2D eigenvalue weighted by Gasteiger charge is 2.38. The Hall–Kier alpha value is -1.51. The minimum Gasteiger partial charge on any atom is -0.478 e. The molecule has 84 valence electrons. The lowest BCUT2D eigenvalue weighted by atomic mass is 10.1. The Morgan fingerprint density at radius 1 is 1.31 bits per heavy atom. The summed E-state index contributed by atoms with van der Waals surface area (Å²) < 4.78 is 0. The molecule has 1 aromatic carbocycles. The Labute approximate surface area is 94.7 Å². The second-order valence-corrected chi connectivity index (χ2v) is 4.81. The molecule has 0 spiro atoms. The van der Waals surface area contributed by atoms with E-state index in [1.807, 2.05) is 12.1 Å². The van der Waals surface area contributed by atoms with Gasteiger partial charge < -0.3 is 10.0 Å². The van der Waals surface area contributed by atoms with Gasteiger partial charge in [-0.05, 0) is 37.3 Å². The first kappa shape index (κ1) is 9.70. The summed E-state index contributed by atoms with van der Waals surface area (Å²) in [5.41, 5.74) is 1.34. The van der Waals surface area contributed by atoms with Gasteiger partial charge in [0.1, 0.15) is 0 Å². The van der Waals surface area contributed by atoms with E-state index in [1.165, 1.54) is 19.3 Å². The molecule has 0 aromatic heterocycles. The fraction of sp³-hybridized carbons (Fsp3) is 0.462. The molecule has 3 heteroatoms.